The summed E-state index contributed by atoms with van der Waals surface area (Å²) in [6.45, 7) is 2.17. The van der Waals surface area contributed by atoms with Gasteiger partial charge in [0.15, 0.2) is 5.78 Å². The van der Waals surface area contributed by atoms with Gasteiger partial charge >= 0.3 is 5.97 Å². The molecule has 1 aliphatic rings. The van der Waals surface area contributed by atoms with Gasteiger partial charge in [-0.15, -0.1) is 11.3 Å². The summed E-state index contributed by atoms with van der Waals surface area (Å²) in [4.78, 5) is 37.5. The van der Waals surface area contributed by atoms with E-state index >= 15 is 0 Å². The highest BCUT2D eigenvalue weighted by Gasteiger charge is 2.44. The van der Waals surface area contributed by atoms with Crippen LogP contribution in [0.1, 0.15) is 39.8 Å². The summed E-state index contributed by atoms with van der Waals surface area (Å²) in [5, 5.41) is 11.2. The molecule has 2 rings (SSSR count). The van der Waals surface area contributed by atoms with Gasteiger partial charge in [-0.05, 0) is 25.8 Å². The summed E-state index contributed by atoms with van der Waals surface area (Å²) in [6.07, 6.45) is 1.11. The monoisotopic (exact) mass is 325 g/mol. The number of carbonyl (C=O) groups excluding carboxylic acids is 2. The van der Waals surface area contributed by atoms with Crippen LogP contribution in [0.2, 0.25) is 0 Å². The van der Waals surface area contributed by atoms with Gasteiger partial charge in [-0.1, -0.05) is 0 Å². The van der Waals surface area contributed by atoms with Gasteiger partial charge in [0.05, 0.1) is 11.5 Å². The highest BCUT2D eigenvalue weighted by atomic mass is 32.1. The number of carbonyl (C=O) groups is 3. The molecule has 120 valence electrons. The van der Waals surface area contributed by atoms with Gasteiger partial charge in [0.2, 0.25) is 0 Å². The first-order chi connectivity index (χ1) is 10.4. The zero-order valence-electron chi connectivity index (χ0n) is 12.6. The minimum Gasteiger partial charge on any atom is -0.481 e. The van der Waals surface area contributed by atoms with E-state index in [1.54, 1.807) is 16.3 Å². The Bertz CT molecular complexity index is 593. The molecule has 1 saturated heterocycles. The molecule has 1 unspecified atom stereocenters. The number of Topliss-reactive ketones (excluding diaryl/α,β-unsaturated/α-hetero) is 1. The molecule has 1 aromatic heterocycles. The lowest BCUT2D eigenvalue weighted by Crippen LogP contribution is -2.52. The summed E-state index contributed by atoms with van der Waals surface area (Å²) < 4.78 is 5.05. The quantitative estimate of drug-likeness (QED) is 0.836. The van der Waals surface area contributed by atoms with E-state index in [1.807, 2.05) is 0 Å². The Balaban J connectivity index is 2.18. The number of thiophene rings is 1. The Morgan fingerprint density at radius 2 is 2.18 bits per heavy atom. The van der Waals surface area contributed by atoms with Gasteiger partial charge in [0.25, 0.3) is 5.91 Å². The molecule has 1 aliphatic heterocycles. The van der Waals surface area contributed by atoms with Crippen LogP contribution in [-0.4, -0.2) is 54.5 Å². The normalized spacial score (nSPS) is 21.6. The fourth-order valence-electron chi connectivity index (χ4n) is 2.72. The number of likely N-dealkylation sites (tertiary alicyclic amines) is 1. The second-order valence-corrected chi connectivity index (χ2v) is 6.52. The van der Waals surface area contributed by atoms with E-state index in [4.69, 9.17) is 4.74 Å². The van der Waals surface area contributed by atoms with Crippen LogP contribution in [0.5, 0.6) is 0 Å². The van der Waals surface area contributed by atoms with Gasteiger partial charge in [-0.2, -0.15) is 0 Å². The topological polar surface area (TPSA) is 83.9 Å². The van der Waals surface area contributed by atoms with E-state index in [1.165, 1.54) is 25.4 Å². The Hall–Kier alpha value is -1.73. The van der Waals surface area contributed by atoms with Crippen molar-refractivity contribution < 1.29 is 24.2 Å². The van der Waals surface area contributed by atoms with Crippen molar-refractivity contribution in [3.05, 3.63) is 21.9 Å². The number of hydrogen-bond donors (Lipinski definition) is 1. The molecular formula is C15H19NO5S. The number of carboxylic acids is 1. The van der Waals surface area contributed by atoms with Crippen LogP contribution in [0.25, 0.3) is 0 Å². The van der Waals surface area contributed by atoms with Crippen molar-refractivity contribution in [1.29, 1.82) is 0 Å². The van der Waals surface area contributed by atoms with Crippen molar-refractivity contribution in [2.45, 2.75) is 19.8 Å². The molecule has 0 saturated carbocycles. The molecule has 22 heavy (non-hydrogen) atoms. The van der Waals surface area contributed by atoms with Crippen LogP contribution in [-0.2, 0) is 9.53 Å². The number of aliphatic carboxylic acids is 1. The minimum absolute atomic E-state index is 0.0786. The van der Waals surface area contributed by atoms with Gasteiger partial charge < -0.3 is 14.7 Å². The minimum atomic E-state index is -1.05. The zero-order chi connectivity index (χ0) is 16.3. The van der Waals surface area contributed by atoms with E-state index in [9.17, 15) is 19.5 Å². The van der Waals surface area contributed by atoms with Crippen molar-refractivity contribution in [3.63, 3.8) is 0 Å². The first-order valence-electron chi connectivity index (χ1n) is 7.01. The Morgan fingerprint density at radius 3 is 2.73 bits per heavy atom. The van der Waals surface area contributed by atoms with Crippen molar-refractivity contribution >= 4 is 29.0 Å². The SMILES string of the molecule is COCC1(C(=O)O)CCCN(C(=O)c2cc(C(C)=O)cs2)C1. The summed E-state index contributed by atoms with van der Waals surface area (Å²) in [6, 6.07) is 1.57. The molecule has 0 aliphatic carbocycles. The third-order valence-electron chi connectivity index (χ3n) is 3.96. The zero-order valence-corrected chi connectivity index (χ0v) is 13.4. The highest BCUT2D eigenvalue weighted by Crippen LogP contribution is 2.32. The maximum absolute atomic E-state index is 12.5. The van der Waals surface area contributed by atoms with E-state index < -0.39 is 11.4 Å². The number of carboxylic acid groups (broad SMARTS) is 1. The van der Waals surface area contributed by atoms with Crippen LogP contribution in [0.4, 0.5) is 0 Å². The standard InChI is InChI=1S/C15H19NO5S/c1-10(17)11-6-12(22-7-11)13(18)16-5-3-4-15(8-16,9-21-2)14(19)20/h6-7H,3-5,8-9H2,1-2H3,(H,19,20). The molecule has 0 aromatic carbocycles. The fraction of sp³-hybridized carbons (Fsp3) is 0.533. The molecule has 0 radical (unpaired) electrons. The average molecular weight is 325 g/mol. The smallest absolute Gasteiger partial charge is 0.313 e. The summed E-state index contributed by atoms with van der Waals surface area (Å²) in [5.41, 5.74) is -0.546. The van der Waals surface area contributed by atoms with Crippen molar-refractivity contribution in [1.82, 2.24) is 4.90 Å². The molecule has 1 aromatic rings. The van der Waals surface area contributed by atoms with E-state index in [0.29, 0.717) is 29.8 Å². The predicted molar refractivity (Wildman–Crippen MR) is 81.4 cm³/mol. The van der Waals surface area contributed by atoms with Crippen LogP contribution >= 0.6 is 11.3 Å². The number of amides is 1. The number of methoxy groups -OCH3 is 1. The summed E-state index contributed by atoms with van der Waals surface area (Å²) in [5.74, 6) is -1.26. The number of ketones is 1. The number of piperidine rings is 1. The molecular weight excluding hydrogens is 306 g/mol. The largest absolute Gasteiger partial charge is 0.481 e. The lowest BCUT2D eigenvalue weighted by atomic mass is 9.80. The fourth-order valence-corrected chi connectivity index (χ4v) is 3.64. The predicted octanol–water partition coefficient (Wildman–Crippen LogP) is 1.90. The molecule has 1 fully saturated rings. The molecule has 0 bridgehead atoms. The molecule has 2 heterocycles. The number of hydrogen-bond acceptors (Lipinski definition) is 5. The molecule has 7 heteroatoms. The summed E-state index contributed by atoms with van der Waals surface area (Å²) in [7, 11) is 1.46. The van der Waals surface area contributed by atoms with Crippen molar-refractivity contribution in [2.75, 3.05) is 26.8 Å². The number of ether oxygens (including phenoxy) is 1. The maximum atomic E-state index is 12.5. The molecule has 6 nitrogen and oxygen atoms in total. The van der Waals surface area contributed by atoms with E-state index in [-0.39, 0.29) is 24.8 Å². The highest BCUT2D eigenvalue weighted by molar-refractivity contribution is 7.12. The maximum Gasteiger partial charge on any atom is 0.313 e. The second kappa shape index (κ2) is 6.58. The Kier molecular flexibility index (Phi) is 4.97. The first kappa shape index (κ1) is 16.6. The lowest BCUT2D eigenvalue weighted by Gasteiger charge is -2.39. The average Bonchev–Trinajstić information content (AvgIpc) is 2.97. The molecule has 1 N–H and O–H groups in total. The number of rotatable bonds is 5. The Morgan fingerprint density at radius 1 is 1.45 bits per heavy atom. The number of nitrogens with zero attached hydrogens (tertiary/aromatic N) is 1. The van der Waals surface area contributed by atoms with Gasteiger partial charge in [-0.3, -0.25) is 14.4 Å². The second-order valence-electron chi connectivity index (χ2n) is 5.60. The van der Waals surface area contributed by atoms with Gasteiger partial charge in [-0.25, -0.2) is 0 Å². The molecule has 1 atom stereocenters. The first-order valence-corrected chi connectivity index (χ1v) is 7.89. The van der Waals surface area contributed by atoms with Crippen LogP contribution in [0, 0.1) is 5.41 Å². The van der Waals surface area contributed by atoms with E-state index in [0.717, 1.165) is 0 Å². The van der Waals surface area contributed by atoms with Gasteiger partial charge in [0.1, 0.15) is 5.41 Å². The molecule has 0 spiro atoms. The molecule has 1 amide bonds. The van der Waals surface area contributed by atoms with Crippen LogP contribution < -0.4 is 0 Å². The lowest BCUT2D eigenvalue weighted by molar-refractivity contribution is -0.155. The third-order valence-corrected chi connectivity index (χ3v) is 4.87. The van der Waals surface area contributed by atoms with Crippen molar-refractivity contribution in [2.24, 2.45) is 5.41 Å². The third kappa shape index (κ3) is 3.20. The van der Waals surface area contributed by atoms with Crippen LogP contribution in [0.3, 0.4) is 0 Å². The van der Waals surface area contributed by atoms with Crippen molar-refractivity contribution in [3.8, 4) is 0 Å². The summed E-state index contributed by atoms with van der Waals surface area (Å²) >= 11 is 1.21. The van der Waals surface area contributed by atoms with Crippen LogP contribution in [0.15, 0.2) is 11.4 Å². The van der Waals surface area contributed by atoms with E-state index in [2.05, 4.69) is 0 Å². The van der Waals surface area contributed by atoms with Gasteiger partial charge in [0, 0.05) is 31.1 Å². The Labute approximate surface area is 132 Å².